The van der Waals surface area contributed by atoms with Gasteiger partial charge in [0.1, 0.15) is 0 Å². The largest absolute Gasteiger partial charge is 0.352 e. The molecule has 1 amide bonds. The van der Waals surface area contributed by atoms with E-state index in [1.807, 2.05) is 31.2 Å². The summed E-state index contributed by atoms with van der Waals surface area (Å²) < 4.78 is 26.8. The van der Waals surface area contributed by atoms with Gasteiger partial charge in [0.25, 0.3) is 10.2 Å². The lowest BCUT2D eigenvalue weighted by molar-refractivity contribution is -0.126. The van der Waals surface area contributed by atoms with Crippen molar-refractivity contribution in [1.82, 2.24) is 13.9 Å². The highest BCUT2D eigenvalue weighted by atomic mass is 32.2. The van der Waals surface area contributed by atoms with E-state index in [1.54, 1.807) is 0 Å². The minimum atomic E-state index is -3.38. The SMILES string of the molecule is Cc1ccccc1CNC(=O)C1CCN(S(=O)(=O)N(C)C)CC1. The van der Waals surface area contributed by atoms with Gasteiger partial charge < -0.3 is 5.32 Å². The van der Waals surface area contributed by atoms with E-state index in [0.29, 0.717) is 32.5 Å². The van der Waals surface area contributed by atoms with Crippen molar-refractivity contribution in [3.63, 3.8) is 0 Å². The second-order valence-electron chi connectivity index (χ2n) is 6.11. The van der Waals surface area contributed by atoms with E-state index in [-0.39, 0.29) is 11.8 Å². The minimum absolute atomic E-state index is 0.00940. The molecule has 0 atom stereocenters. The number of hydrogen-bond donors (Lipinski definition) is 1. The van der Waals surface area contributed by atoms with Gasteiger partial charge in [0, 0.05) is 39.6 Å². The third-order valence-corrected chi connectivity index (χ3v) is 6.27. The first kappa shape index (κ1) is 17.9. The third-order valence-electron chi connectivity index (χ3n) is 4.33. The first-order valence-electron chi connectivity index (χ1n) is 7.82. The van der Waals surface area contributed by atoms with Crippen molar-refractivity contribution < 1.29 is 13.2 Å². The number of rotatable bonds is 5. The zero-order valence-corrected chi connectivity index (χ0v) is 14.8. The second kappa shape index (κ2) is 7.42. The Hall–Kier alpha value is -1.44. The van der Waals surface area contributed by atoms with E-state index in [1.165, 1.54) is 22.7 Å². The van der Waals surface area contributed by atoms with Crippen molar-refractivity contribution >= 4 is 16.1 Å². The minimum Gasteiger partial charge on any atom is -0.352 e. The molecule has 1 aromatic carbocycles. The normalized spacial score (nSPS) is 17.4. The van der Waals surface area contributed by atoms with Crippen molar-refractivity contribution in [2.24, 2.45) is 5.92 Å². The van der Waals surface area contributed by atoms with Gasteiger partial charge in [-0.15, -0.1) is 0 Å². The lowest BCUT2D eigenvalue weighted by Crippen LogP contribution is -2.46. The Morgan fingerprint density at radius 2 is 1.87 bits per heavy atom. The summed E-state index contributed by atoms with van der Waals surface area (Å²) in [5, 5.41) is 2.97. The van der Waals surface area contributed by atoms with Crippen LogP contribution in [0.4, 0.5) is 0 Å². The van der Waals surface area contributed by atoms with E-state index in [2.05, 4.69) is 5.32 Å². The van der Waals surface area contributed by atoms with Gasteiger partial charge in [-0.1, -0.05) is 24.3 Å². The van der Waals surface area contributed by atoms with Gasteiger partial charge in [0.05, 0.1) is 0 Å². The predicted octanol–water partition coefficient (Wildman–Crippen LogP) is 1.13. The van der Waals surface area contributed by atoms with Crippen molar-refractivity contribution in [3.05, 3.63) is 35.4 Å². The van der Waals surface area contributed by atoms with Gasteiger partial charge in [-0.25, -0.2) is 0 Å². The summed E-state index contributed by atoms with van der Waals surface area (Å²) in [7, 11) is -0.327. The first-order chi connectivity index (χ1) is 10.8. The highest BCUT2D eigenvalue weighted by Crippen LogP contribution is 2.21. The molecule has 0 aromatic heterocycles. The second-order valence-corrected chi connectivity index (χ2v) is 8.25. The molecule has 6 nitrogen and oxygen atoms in total. The van der Waals surface area contributed by atoms with E-state index >= 15 is 0 Å². The molecule has 1 heterocycles. The number of nitrogens with zero attached hydrogens (tertiary/aromatic N) is 2. The molecule has 0 unspecified atom stereocenters. The van der Waals surface area contributed by atoms with Gasteiger partial charge in [-0.3, -0.25) is 4.79 Å². The Bertz CT molecular complexity index is 650. The number of aryl methyl sites for hydroxylation is 1. The molecule has 1 aliphatic heterocycles. The number of hydrogen-bond acceptors (Lipinski definition) is 3. The molecule has 1 saturated heterocycles. The molecule has 128 valence electrons. The maximum atomic E-state index is 12.3. The van der Waals surface area contributed by atoms with Crippen molar-refractivity contribution in [2.75, 3.05) is 27.2 Å². The molecular formula is C16H25N3O3S. The van der Waals surface area contributed by atoms with E-state index in [4.69, 9.17) is 0 Å². The Morgan fingerprint density at radius 3 is 2.43 bits per heavy atom. The Balaban J connectivity index is 1.86. The summed E-state index contributed by atoms with van der Waals surface area (Å²) in [6, 6.07) is 7.95. The van der Waals surface area contributed by atoms with Crippen LogP contribution in [-0.4, -0.2) is 50.1 Å². The van der Waals surface area contributed by atoms with Crippen LogP contribution in [0.2, 0.25) is 0 Å². The number of benzene rings is 1. The van der Waals surface area contributed by atoms with Gasteiger partial charge in [0.15, 0.2) is 0 Å². The van der Waals surface area contributed by atoms with Crippen LogP contribution in [-0.2, 0) is 21.5 Å². The number of amides is 1. The molecule has 0 saturated carbocycles. The van der Waals surface area contributed by atoms with Gasteiger partial charge >= 0.3 is 0 Å². The summed E-state index contributed by atoms with van der Waals surface area (Å²) >= 11 is 0. The molecule has 0 radical (unpaired) electrons. The monoisotopic (exact) mass is 339 g/mol. The van der Waals surface area contributed by atoms with Gasteiger partial charge in [-0.05, 0) is 30.9 Å². The zero-order valence-electron chi connectivity index (χ0n) is 13.9. The standard InChI is InChI=1S/C16H25N3O3S/c1-13-6-4-5-7-15(13)12-17-16(20)14-8-10-19(11-9-14)23(21,22)18(2)3/h4-7,14H,8-12H2,1-3H3,(H,17,20). The molecule has 1 aliphatic rings. The topological polar surface area (TPSA) is 69.7 Å². The number of carbonyl (C=O) groups excluding carboxylic acids is 1. The highest BCUT2D eigenvalue weighted by molar-refractivity contribution is 7.86. The van der Waals surface area contributed by atoms with Crippen LogP contribution in [0, 0.1) is 12.8 Å². The Kier molecular flexibility index (Phi) is 5.78. The summed E-state index contributed by atoms with van der Waals surface area (Å²) in [5.41, 5.74) is 2.26. The zero-order chi connectivity index (χ0) is 17.0. The van der Waals surface area contributed by atoms with E-state index in [9.17, 15) is 13.2 Å². The van der Waals surface area contributed by atoms with Crippen molar-refractivity contribution in [3.8, 4) is 0 Å². The molecular weight excluding hydrogens is 314 g/mol. The van der Waals surface area contributed by atoms with Crippen LogP contribution >= 0.6 is 0 Å². The highest BCUT2D eigenvalue weighted by Gasteiger charge is 2.32. The fraction of sp³-hybridized carbons (Fsp3) is 0.562. The number of carbonyl (C=O) groups is 1. The smallest absolute Gasteiger partial charge is 0.281 e. The van der Waals surface area contributed by atoms with Gasteiger partial charge in [-0.2, -0.15) is 17.0 Å². The molecule has 7 heteroatoms. The first-order valence-corrected chi connectivity index (χ1v) is 9.22. The number of nitrogens with one attached hydrogen (secondary N) is 1. The summed E-state index contributed by atoms with van der Waals surface area (Å²) in [6.07, 6.45) is 1.12. The molecule has 0 bridgehead atoms. The van der Waals surface area contributed by atoms with Crippen LogP contribution in [0.15, 0.2) is 24.3 Å². The van der Waals surface area contributed by atoms with Crippen molar-refractivity contribution in [1.29, 1.82) is 0 Å². The average molecular weight is 339 g/mol. The quantitative estimate of drug-likeness (QED) is 0.874. The summed E-state index contributed by atoms with van der Waals surface area (Å²) in [6.45, 7) is 3.32. The molecule has 1 N–H and O–H groups in total. The van der Waals surface area contributed by atoms with Crippen LogP contribution < -0.4 is 5.32 Å². The number of piperidine rings is 1. The fourth-order valence-electron chi connectivity index (χ4n) is 2.71. The average Bonchev–Trinajstić information content (AvgIpc) is 2.53. The van der Waals surface area contributed by atoms with Crippen LogP contribution in [0.25, 0.3) is 0 Å². The molecule has 0 spiro atoms. The third kappa shape index (κ3) is 4.31. The summed E-state index contributed by atoms with van der Waals surface area (Å²) in [4.78, 5) is 12.3. The fourth-order valence-corrected chi connectivity index (χ4v) is 3.85. The summed E-state index contributed by atoms with van der Waals surface area (Å²) in [5.74, 6) is -0.109. The lowest BCUT2D eigenvalue weighted by Gasteiger charge is -2.32. The molecule has 0 aliphatic carbocycles. The lowest BCUT2D eigenvalue weighted by atomic mass is 9.97. The molecule has 1 aromatic rings. The van der Waals surface area contributed by atoms with E-state index < -0.39 is 10.2 Å². The molecule has 1 fully saturated rings. The molecule has 2 rings (SSSR count). The maximum Gasteiger partial charge on any atom is 0.281 e. The van der Waals surface area contributed by atoms with Crippen LogP contribution in [0.1, 0.15) is 24.0 Å². The Morgan fingerprint density at radius 1 is 1.26 bits per heavy atom. The van der Waals surface area contributed by atoms with E-state index in [0.717, 1.165) is 11.1 Å². The Labute approximate surface area is 138 Å². The predicted molar refractivity (Wildman–Crippen MR) is 89.9 cm³/mol. The van der Waals surface area contributed by atoms with Crippen LogP contribution in [0.3, 0.4) is 0 Å². The van der Waals surface area contributed by atoms with Crippen molar-refractivity contribution in [2.45, 2.75) is 26.3 Å². The van der Waals surface area contributed by atoms with Crippen LogP contribution in [0.5, 0.6) is 0 Å². The van der Waals surface area contributed by atoms with Gasteiger partial charge in [0.2, 0.25) is 5.91 Å². The molecule has 23 heavy (non-hydrogen) atoms. The maximum absolute atomic E-state index is 12.3.